The SMILES string of the molecule is COC(=O)CCSCC1CCNC1. The van der Waals surface area contributed by atoms with Gasteiger partial charge in [0.15, 0.2) is 0 Å². The maximum atomic E-state index is 10.8. The van der Waals surface area contributed by atoms with Crippen molar-refractivity contribution in [1.82, 2.24) is 5.32 Å². The van der Waals surface area contributed by atoms with Crippen LogP contribution in [-0.4, -0.2) is 37.7 Å². The summed E-state index contributed by atoms with van der Waals surface area (Å²) in [5, 5.41) is 3.33. The molecule has 1 saturated heterocycles. The van der Waals surface area contributed by atoms with Crippen LogP contribution in [0.15, 0.2) is 0 Å². The van der Waals surface area contributed by atoms with E-state index < -0.39 is 0 Å². The van der Waals surface area contributed by atoms with Gasteiger partial charge >= 0.3 is 5.97 Å². The van der Waals surface area contributed by atoms with Gasteiger partial charge in [-0.2, -0.15) is 11.8 Å². The van der Waals surface area contributed by atoms with Gasteiger partial charge < -0.3 is 10.1 Å². The van der Waals surface area contributed by atoms with Crippen molar-refractivity contribution in [2.45, 2.75) is 12.8 Å². The van der Waals surface area contributed by atoms with E-state index in [-0.39, 0.29) is 5.97 Å². The lowest BCUT2D eigenvalue weighted by Crippen LogP contribution is -2.11. The van der Waals surface area contributed by atoms with Crippen LogP contribution >= 0.6 is 11.8 Å². The van der Waals surface area contributed by atoms with E-state index in [1.165, 1.54) is 19.3 Å². The molecule has 0 aromatic carbocycles. The molecule has 1 aliphatic rings. The van der Waals surface area contributed by atoms with Gasteiger partial charge in [-0.05, 0) is 31.2 Å². The highest BCUT2D eigenvalue weighted by Gasteiger charge is 2.13. The van der Waals surface area contributed by atoms with Crippen LogP contribution in [0.5, 0.6) is 0 Å². The maximum Gasteiger partial charge on any atom is 0.306 e. The minimum absolute atomic E-state index is 0.1000. The Morgan fingerprint density at radius 2 is 2.54 bits per heavy atom. The Labute approximate surface area is 83.6 Å². The molecular weight excluding hydrogens is 186 g/mol. The summed E-state index contributed by atoms with van der Waals surface area (Å²) in [6.45, 7) is 2.30. The van der Waals surface area contributed by atoms with E-state index in [1.807, 2.05) is 11.8 Å². The van der Waals surface area contributed by atoms with Crippen molar-refractivity contribution in [1.29, 1.82) is 0 Å². The number of hydrogen-bond acceptors (Lipinski definition) is 4. The number of nitrogens with one attached hydrogen (secondary N) is 1. The van der Waals surface area contributed by atoms with Crippen molar-refractivity contribution in [3.63, 3.8) is 0 Å². The lowest BCUT2D eigenvalue weighted by atomic mass is 10.2. The Bertz CT molecular complexity index is 158. The zero-order valence-corrected chi connectivity index (χ0v) is 8.86. The van der Waals surface area contributed by atoms with Gasteiger partial charge in [-0.1, -0.05) is 0 Å². The third kappa shape index (κ3) is 4.52. The molecule has 0 aromatic heterocycles. The van der Waals surface area contributed by atoms with Crippen molar-refractivity contribution in [3.8, 4) is 0 Å². The van der Waals surface area contributed by atoms with Crippen molar-refractivity contribution in [2.24, 2.45) is 5.92 Å². The zero-order valence-electron chi connectivity index (χ0n) is 8.04. The van der Waals surface area contributed by atoms with Crippen LogP contribution in [0.2, 0.25) is 0 Å². The molecule has 76 valence electrons. The van der Waals surface area contributed by atoms with Crippen molar-refractivity contribution in [2.75, 3.05) is 31.7 Å². The standard InChI is InChI=1S/C9H17NO2S/c1-12-9(11)3-5-13-7-8-2-4-10-6-8/h8,10H,2-7H2,1H3. The Hall–Kier alpha value is -0.220. The third-order valence-electron chi connectivity index (χ3n) is 2.19. The fourth-order valence-electron chi connectivity index (χ4n) is 1.36. The summed E-state index contributed by atoms with van der Waals surface area (Å²) in [7, 11) is 1.44. The molecule has 1 fully saturated rings. The molecule has 0 radical (unpaired) electrons. The Balaban J connectivity index is 1.91. The molecule has 1 rings (SSSR count). The van der Waals surface area contributed by atoms with Gasteiger partial charge in [-0.3, -0.25) is 4.79 Å². The van der Waals surface area contributed by atoms with Gasteiger partial charge in [-0.15, -0.1) is 0 Å². The van der Waals surface area contributed by atoms with E-state index in [0.717, 1.165) is 24.8 Å². The Morgan fingerprint density at radius 3 is 3.15 bits per heavy atom. The molecular formula is C9H17NO2S. The highest BCUT2D eigenvalue weighted by molar-refractivity contribution is 7.99. The lowest BCUT2D eigenvalue weighted by molar-refractivity contribution is -0.140. The number of carbonyl (C=O) groups excluding carboxylic acids is 1. The van der Waals surface area contributed by atoms with E-state index in [4.69, 9.17) is 0 Å². The lowest BCUT2D eigenvalue weighted by Gasteiger charge is -2.06. The molecule has 1 aliphatic heterocycles. The molecule has 1 N–H and O–H groups in total. The topological polar surface area (TPSA) is 38.3 Å². The summed E-state index contributed by atoms with van der Waals surface area (Å²) in [5.41, 5.74) is 0. The van der Waals surface area contributed by atoms with Gasteiger partial charge in [0.2, 0.25) is 0 Å². The Morgan fingerprint density at radius 1 is 1.69 bits per heavy atom. The largest absolute Gasteiger partial charge is 0.469 e. The molecule has 1 heterocycles. The second kappa shape index (κ2) is 6.27. The number of esters is 1. The smallest absolute Gasteiger partial charge is 0.306 e. The summed E-state index contributed by atoms with van der Waals surface area (Å²) in [6.07, 6.45) is 1.83. The number of methoxy groups -OCH3 is 1. The highest BCUT2D eigenvalue weighted by atomic mass is 32.2. The fourth-order valence-corrected chi connectivity index (χ4v) is 2.46. The molecule has 3 nitrogen and oxygen atoms in total. The molecule has 1 atom stereocenters. The Kier molecular flexibility index (Phi) is 5.23. The van der Waals surface area contributed by atoms with E-state index in [2.05, 4.69) is 10.1 Å². The van der Waals surface area contributed by atoms with Crippen LogP contribution in [0, 0.1) is 5.92 Å². The van der Waals surface area contributed by atoms with Crippen molar-refractivity contribution < 1.29 is 9.53 Å². The zero-order chi connectivity index (χ0) is 9.52. The molecule has 4 heteroatoms. The highest BCUT2D eigenvalue weighted by Crippen LogP contribution is 2.15. The van der Waals surface area contributed by atoms with Crippen LogP contribution in [0.3, 0.4) is 0 Å². The number of rotatable bonds is 5. The quantitative estimate of drug-likeness (QED) is 0.532. The molecule has 0 amide bonds. The molecule has 1 unspecified atom stereocenters. The van der Waals surface area contributed by atoms with Gasteiger partial charge in [0.25, 0.3) is 0 Å². The average Bonchev–Trinajstić information content (AvgIpc) is 2.64. The van der Waals surface area contributed by atoms with Crippen LogP contribution < -0.4 is 5.32 Å². The second-order valence-electron chi connectivity index (χ2n) is 3.26. The molecule has 0 spiro atoms. The van der Waals surface area contributed by atoms with Gasteiger partial charge in [0.05, 0.1) is 13.5 Å². The third-order valence-corrected chi connectivity index (χ3v) is 3.39. The average molecular weight is 203 g/mol. The van der Waals surface area contributed by atoms with Crippen LogP contribution in [0.25, 0.3) is 0 Å². The number of thioether (sulfide) groups is 1. The minimum atomic E-state index is -0.1000. The summed E-state index contributed by atoms with van der Waals surface area (Å²) in [5.74, 6) is 2.77. The molecule has 0 bridgehead atoms. The van der Waals surface area contributed by atoms with E-state index >= 15 is 0 Å². The van der Waals surface area contributed by atoms with Gasteiger partial charge in [0.1, 0.15) is 0 Å². The number of hydrogen-bond donors (Lipinski definition) is 1. The molecule has 0 aliphatic carbocycles. The second-order valence-corrected chi connectivity index (χ2v) is 4.41. The molecule has 0 saturated carbocycles. The van der Waals surface area contributed by atoms with Crippen LogP contribution in [-0.2, 0) is 9.53 Å². The predicted octanol–water partition coefficient (Wildman–Crippen LogP) is 0.892. The summed E-state index contributed by atoms with van der Waals surface area (Å²) >= 11 is 1.85. The maximum absolute atomic E-state index is 10.8. The van der Waals surface area contributed by atoms with Crippen molar-refractivity contribution in [3.05, 3.63) is 0 Å². The minimum Gasteiger partial charge on any atom is -0.469 e. The van der Waals surface area contributed by atoms with Crippen LogP contribution in [0.4, 0.5) is 0 Å². The number of carbonyl (C=O) groups is 1. The molecule has 0 aromatic rings. The molecule has 13 heavy (non-hydrogen) atoms. The van der Waals surface area contributed by atoms with Gasteiger partial charge in [0, 0.05) is 5.75 Å². The fraction of sp³-hybridized carbons (Fsp3) is 0.889. The summed E-state index contributed by atoms with van der Waals surface area (Å²) in [4.78, 5) is 10.8. The van der Waals surface area contributed by atoms with Gasteiger partial charge in [-0.25, -0.2) is 0 Å². The van der Waals surface area contributed by atoms with Crippen LogP contribution in [0.1, 0.15) is 12.8 Å². The number of ether oxygens (including phenoxy) is 1. The van der Waals surface area contributed by atoms with E-state index in [0.29, 0.717) is 6.42 Å². The summed E-state index contributed by atoms with van der Waals surface area (Å²) < 4.78 is 4.56. The first-order valence-electron chi connectivity index (χ1n) is 4.68. The summed E-state index contributed by atoms with van der Waals surface area (Å²) in [6, 6.07) is 0. The first-order valence-corrected chi connectivity index (χ1v) is 5.83. The van der Waals surface area contributed by atoms with E-state index in [9.17, 15) is 4.79 Å². The monoisotopic (exact) mass is 203 g/mol. The first-order chi connectivity index (χ1) is 6.33. The van der Waals surface area contributed by atoms with Crippen molar-refractivity contribution >= 4 is 17.7 Å². The predicted molar refractivity (Wildman–Crippen MR) is 54.9 cm³/mol. The van der Waals surface area contributed by atoms with E-state index in [1.54, 1.807) is 0 Å². The normalized spacial score (nSPS) is 21.8. The first kappa shape index (κ1) is 10.9.